The van der Waals surface area contributed by atoms with Gasteiger partial charge in [0.1, 0.15) is 5.82 Å². The van der Waals surface area contributed by atoms with Crippen LogP contribution in [0.3, 0.4) is 0 Å². The fraction of sp³-hybridized carbons (Fsp3) is 0.474. The number of aryl methyl sites for hydroxylation is 1. The van der Waals surface area contributed by atoms with Gasteiger partial charge in [-0.15, -0.1) is 0 Å². The molecule has 2 amide bonds. The van der Waals surface area contributed by atoms with Gasteiger partial charge in [0.15, 0.2) is 5.82 Å². The lowest BCUT2D eigenvalue weighted by molar-refractivity contribution is -0.139. The van der Waals surface area contributed by atoms with Crippen LogP contribution in [0.15, 0.2) is 28.8 Å². The smallest absolute Gasteiger partial charge is 0.237 e. The molecule has 2 aromatic rings. The molecule has 2 heterocycles. The largest absolute Gasteiger partial charge is 0.353 e. The van der Waals surface area contributed by atoms with Crippen molar-refractivity contribution in [1.29, 1.82) is 0 Å². The van der Waals surface area contributed by atoms with Crippen LogP contribution in [0.4, 0.5) is 4.39 Å². The van der Waals surface area contributed by atoms with Crippen LogP contribution >= 0.6 is 0 Å². The van der Waals surface area contributed by atoms with E-state index in [-0.39, 0.29) is 37.1 Å². The monoisotopic (exact) mass is 389 g/mol. The van der Waals surface area contributed by atoms with E-state index in [1.807, 2.05) is 11.8 Å². The van der Waals surface area contributed by atoms with Crippen LogP contribution in [-0.4, -0.2) is 57.4 Å². The van der Waals surface area contributed by atoms with Crippen molar-refractivity contribution < 1.29 is 18.5 Å². The minimum atomic E-state index is -0.651. The molecule has 1 atom stereocenters. The Bertz CT molecular complexity index is 840. The zero-order valence-electron chi connectivity index (χ0n) is 16.0. The highest BCUT2D eigenvalue weighted by atomic mass is 19.1. The average molecular weight is 389 g/mol. The van der Waals surface area contributed by atoms with Gasteiger partial charge >= 0.3 is 0 Å². The molecule has 3 rings (SSSR count). The Morgan fingerprint density at radius 3 is 2.89 bits per heavy atom. The van der Waals surface area contributed by atoms with Gasteiger partial charge in [-0.25, -0.2) is 4.39 Å². The number of aromatic nitrogens is 2. The number of nitrogens with one attached hydrogen (secondary N) is 1. The third-order valence-corrected chi connectivity index (χ3v) is 4.78. The Morgan fingerprint density at radius 1 is 1.43 bits per heavy atom. The minimum absolute atomic E-state index is 0.00492. The van der Waals surface area contributed by atoms with Gasteiger partial charge in [0, 0.05) is 38.7 Å². The Morgan fingerprint density at radius 2 is 2.21 bits per heavy atom. The van der Waals surface area contributed by atoms with Crippen molar-refractivity contribution in [2.75, 3.05) is 19.6 Å². The summed E-state index contributed by atoms with van der Waals surface area (Å²) >= 11 is 0. The Labute approximate surface area is 162 Å². The van der Waals surface area contributed by atoms with E-state index in [9.17, 15) is 14.0 Å². The van der Waals surface area contributed by atoms with Crippen molar-refractivity contribution >= 4 is 11.8 Å². The second-order valence-corrected chi connectivity index (χ2v) is 6.71. The van der Waals surface area contributed by atoms with Crippen molar-refractivity contribution in [2.45, 2.75) is 39.4 Å². The summed E-state index contributed by atoms with van der Waals surface area (Å²) in [5.74, 6) is 0.124. The Balaban J connectivity index is 1.69. The predicted molar refractivity (Wildman–Crippen MR) is 98.4 cm³/mol. The molecule has 1 aliphatic heterocycles. The summed E-state index contributed by atoms with van der Waals surface area (Å²) in [6.07, 6.45) is 0.00492. The third kappa shape index (κ3) is 4.72. The van der Waals surface area contributed by atoms with E-state index in [1.54, 1.807) is 30.0 Å². The molecule has 0 radical (unpaired) electrons. The second-order valence-electron chi connectivity index (χ2n) is 6.71. The molecule has 1 aliphatic rings. The molecular weight excluding hydrogens is 365 g/mol. The number of nitrogens with zero attached hydrogens (tertiary/aromatic N) is 4. The molecule has 0 unspecified atom stereocenters. The number of benzene rings is 1. The first-order valence-electron chi connectivity index (χ1n) is 9.30. The van der Waals surface area contributed by atoms with Crippen molar-refractivity contribution in [3.8, 4) is 0 Å². The topological polar surface area (TPSA) is 91.6 Å². The lowest BCUT2D eigenvalue weighted by Crippen LogP contribution is -2.56. The molecule has 0 saturated carbocycles. The van der Waals surface area contributed by atoms with E-state index in [4.69, 9.17) is 4.52 Å². The van der Waals surface area contributed by atoms with E-state index in [2.05, 4.69) is 15.5 Å². The van der Waals surface area contributed by atoms with E-state index in [0.29, 0.717) is 36.9 Å². The normalized spacial score (nSPS) is 17.4. The Kier molecular flexibility index (Phi) is 6.35. The fourth-order valence-electron chi connectivity index (χ4n) is 3.27. The summed E-state index contributed by atoms with van der Waals surface area (Å²) < 4.78 is 19.0. The van der Waals surface area contributed by atoms with Gasteiger partial charge in [-0.2, -0.15) is 4.98 Å². The van der Waals surface area contributed by atoms with Crippen LogP contribution in [0.2, 0.25) is 0 Å². The molecule has 0 spiro atoms. The van der Waals surface area contributed by atoms with Crippen molar-refractivity contribution in [3.63, 3.8) is 0 Å². The maximum Gasteiger partial charge on any atom is 0.237 e. The highest BCUT2D eigenvalue weighted by Crippen LogP contribution is 2.17. The zero-order chi connectivity index (χ0) is 20.1. The number of halogens is 1. The van der Waals surface area contributed by atoms with Crippen LogP contribution < -0.4 is 5.32 Å². The van der Waals surface area contributed by atoms with Crippen molar-refractivity contribution in [1.82, 2.24) is 25.3 Å². The van der Waals surface area contributed by atoms with Crippen LogP contribution in [0.5, 0.6) is 0 Å². The standard InChI is InChI=1S/C19H24FN5O3/c1-3-24(12-17-22-13(2)28-23-17)18(26)10-16-19(27)21-8-9-25(16)11-14-6-4-5-7-15(14)20/h4-7,16H,3,8-12H2,1-2H3,(H,21,27)/t16-/m1/s1. The maximum atomic E-state index is 14.0. The SMILES string of the molecule is CCN(Cc1noc(C)n1)C(=O)C[C@@H]1C(=O)NCCN1Cc1ccccc1F. The van der Waals surface area contributed by atoms with Crippen molar-refractivity contribution in [3.05, 3.63) is 47.4 Å². The first-order chi connectivity index (χ1) is 13.5. The molecule has 1 aromatic carbocycles. The van der Waals surface area contributed by atoms with E-state index < -0.39 is 6.04 Å². The van der Waals surface area contributed by atoms with Gasteiger partial charge in [0.2, 0.25) is 17.7 Å². The molecular formula is C19H24FN5O3. The maximum absolute atomic E-state index is 14.0. The van der Waals surface area contributed by atoms with Crippen molar-refractivity contribution in [2.24, 2.45) is 0 Å². The molecule has 1 saturated heterocycles. The molecule has 1 fully saturated rings. The molecule has 150 valence electrons. The first-order valence-corrected chi connectivity index (χ1v) is 9.30. The molecule has 1 N–H and O–H groups in total. The zero-order valence-corrected chi connectivity index (χ0v) is 16.0. The van der Waals surface area contributed by atoms with Gasteiger partial charge < -0.3 is 14.7 Å². The summed E-state index contributed by atoms with van der Waals surface area (Å²) in [4.78, 5) is 32.8. The number of hydrogen-bond acceptors (Lipinski definition) is 6. The fourth-order valence-corrected chi connectivity index (χ4v) is 3.27. The van der Waals surface area contributed by atoms with Crippen LogP contribution in [-0.2, 0) is 22.7 Å². The predicted octanol–water partition coefficient (Wildman–Crippen LogP) is 1.26. The van der Waals surface area contributed by atoms with Gasteiger partial charge in [-0.05, 0) is 13.0 Å². The summed E-state index contributed by atoms with van der Waals surface area (Å²) in [6, 6.07) is 5.82. The van der Waals surface area contributed by atoms with Gasteiger partial charge in [-0.1, -0.05) is 23.4 Å². The van der Waals surface area contributed by atoms with Gasteiger partial charge in [0.25, 0.3) is 0 Å². The third-order valence-electron chi connectivity index (χ3n) is 4.78. The summed E-state index contributed by atoms with van der Waals surface area (Å²) in [5.41, 5.74) is 0.504. The number of amides is 2. The molecule has 8 nitrogen and oxygen atoms in total. The molecule has 28 heavy (non-hydrogen) atoms. The van der Waals surface area contributed by atoms with Gasteiger partial charge in [0.05, 0.1) is 19.0 Å². The minimum Gasteiger partial charge on any atom is -0.353 e. The molecule has 0 aliphatic carbocycles. The van der Waals surface area contributed by atoms with E-state index in [1.165, 1.54) is 6.07 Å². The first kappa shape index (κ1) is 19.9. The second kappa shape index (κ2) is 8.92. The van der Waals surface area contributed by atoms with Gasteiger partial charge in [-0.3, -0.25) is 14.5 Å². The van der Waals surface area contributed by atoms with E-state index in [0.717, 1.165) is 0 Å². The Hall–Kier alpha value is -2.81. The van der Waals surface area contributed by atoms with Crippen LogP contribution in [0.25, 0.3) is 0 Å². The lowest BCUT2D eigenvalue weighted by atomic mass is 10.1. The number of hydrogen-bond donors (Lipinski definition) is 1. The number of rotatable bonds is 7. The van der Waals surface area contributed by atoms with E-state index >= 15 is 0 Å². The molecule has 0 bridgehead atoms. The molecule has 9 heteroatoms. The number of piperazine rings is 1. The number of carbonyl (C=O) groups excluding carboxylic acids is 2. The van der Waals surface area contributed by atoms with Crippen LogP contribution in [0, 0.1) is 12.7 Å². The summed E-state index contributed by atoms with van der Waals surface area (Å²) in [6.45, 7) is 5.49. The lowest BCUT2D eigenvalue weighted by Gasteiger charge is -2.35. The summed E-state index contributed by atoms with van der Waals surface area (Å²) in [7, 11) is 0. The number of carbonyl (C=O) groups is 2. The average Bonchev–Trinajstić information content (AvgIpc) is 3.09. The summed E-state index contributed by atoms with van der Waals surface area (Å²) in [5, 5.41) is 6.61. The molecule has 1 aromatic heterocycles. The van der Waals surface area contributed by atoms with Crippen LogP contribution in [0.1, 0.15) is 30.6 Å². The highest BCUT2D eigenvalue weighted by molar-refractivity contribution is 5.88. The highest BCUT2D eigenvalue weighted by Gasteiger charge is 2.33. The quantitative estimate of drug-likeness (QED) is 0.767.